The Labute approximate surface area is 253 Å². The smallest absolute Gasteiger partial charge is 0.252 e. The number of carbonyl (C=O) groups is 2. The van der Waals surface area contributed by atoms with Gasteiger partial charge in [0.05, 0.1) is 17.1 Å². The van der Waals surface area contributed by atoms with E-state index in [0.717, 1.165) is 5.56 Å². The van der Waals surface area contributed by atoms with E-state index in [9.17, 15) is 14.0 Å². The number of benzene rings is 3. The number of aryl methyl sites for hydroxylation is 1. The van der Waals surface area contributed by atoms with Crippen molar-refractivity contribution in [3.05, 3.63) is 107 Å². The molecule has 0 unspecified atom stereocenters. The van der Waals surface area contributed by atoms with Crippen LogP contribution in [0.3, 0.4) is 0 Å². The van der Waals surface area contributed by atoms with Crippen LogP contribution in [0.25, 0.3) is 33.4 Å². The van der Waals surface area contributed by atoms with Crippen LogP contribution in [0.4, 0.5) is 8.78 Å². The number of amides is 1. The molecule has 1 amide bonds. The first-order chi connectivity index (χ1) is 21.2. The van der Waals surface area contributed by atoms with Gasteiger partial charge in [-0.3, -0.25) is 9.59 Å². The highest BCUT2D eigenvalue weighted by Crippen LogP contribution is 2.42. The van der Waals surface area contributed by atoms with Crippen LogP contribution in [-0.2, 0) is 10.3 Å². The summed E-state index contributed by atoms with van der Waals surface area (Å²) < 4.78 is 40.9. The third-order valence-corrected chi connectivity index (χ3v) is 7.68. The second-order valence-corrected chi connectivity index (χ2v) is 10.7. The number of carbonyl (C=O) groups excluding carboxylic acids is 2. The summed E-state index contributed by atoms with van der Waals surface area (Å²) in [6, 6.07) is 15.3. The van der Waals surface area contributed by atoms with Crippen LogP contribution in [-0.4, -0.2) is 49.5 Å². The zero-order valence-electron chi connectivity index (χ0n) is 24.8. The summed E-state index contributed by atoms with van der Waals surface area (Å²) in [5.74, 6) is -0.796. The van der Waals surface area contributed by atoms with Crippen molar-refractivity contribution in [2.45, 2.75) is 31.4 Å². The largest absolute Gasteiger partial charge is 0.455 e. The molecule has 1 aliphatic rings. The lowest BCUT2D eigenvalue weighted by Gasteiger charge is -2.45. The molecule has 2 aromatic heterocycles. The van der Waals surface area contributed by atoms with Gasteiger partial charge in [0.1, 0.15) is 28.5 Å². The molecule has 6 rings (SSSR count). The number of aldehydes is 1. The van der Waals surface area contributed by atoms with Crippen molar-refractivity contribution in [2.24, 2.45) is 0 Å². The van der Waals surface area contributed by atoms with Crippen molar-refractivity contribution in [1.82, 2.24) is 20.6 Å². The summed E-state index contributed by atoms with van der Waals surface area (Å²) in [5, 5.41) is 5.86. The Bertz CT molecular complexity index is 1800. The molecule has 8 nitrogen and oxygen atoms in total. The zero-order valence-corrected chi connectivity index (χ0v) is 24.8. The first-order valence-corrected chi connectivity index (χ1v) is 14.0. The third kappa shape index (κ3) is 5.73. The Morgan fingerprint density at radius 2 is 1.70 bits per heavy atom. The molecule has 0 bridgehead atoms. The number of hydrogen-bond donors (Lipinski definition) is 2. The number of fused-ring (bicyclic) bond motifs is 1. The number of nitrogens with one attached hydrogen (secondary N) is 2. The minimum absolute atomic E-state index is 0.0198. The lowest BCUT2D eigenvalue weighted by Crippen LogP contribution is -2.58. The van der Waals surface area contributed by atoms with Crippen molar-refractivity contribution < 1.29 is 27.5 Å². The molecule has 0 saturated heterocycles. The highest BCUT2D eigenvalue weighted by Gasteiger charge is 2.49. The van der Waals surface area contributed by atoms with Crippen LogP contribution < -0.4 is 10.6 Å². The Morgan fingerprint density at radius 3 is 2.34 bits per heavy atom. The summed E-state index contributed by atoms with van der Waals surface area (Å²) in [5.41, 5.74) is 1.65. The maximum atomic E-state index is 16.1. The van der Waals surface area contributed by atoms with E-state index in [0.29, 0.717) is 41.6 Å². The van der Waals surface area contributed by atoms with Crippen molar-refractivity contribution in [3.8, 4) is 22.5 Å². The quantitative estimate of drug-likeness (QED) is 0.214. The Morgan fingerprint density at radius 1 is 1.02 bits per heavy atom. The van der Waals surface area contributed by atoms with E-state index in [-0.39, 0.29) is 39.9 Å². The average Bonchev–Trinajstić information content (AvgIpc) is 3.40. The topological polar surface area (TPSA) is 106 Å². The molecule has 3 aromatic carbocycles. The van der Waals surface area contributed by atoms with Gasteiger partial charge in [-0.15, -0.1) is 0 Å². The van der Waals surface area contributed by atoms with Gasteiger partial charge in [0.15, 0.2) is 12.1 Å². The molecular weight excluding hydrogens is 566 g/mol. The summed E-state index contributed by atoms with van der Waals surface area (Å²) in [6.07, 6.45) is 4.80. The number of ether oxygens (including phenoxy) is 1. The van der Waals surface area contributed by atoms with E-state index < -0.39 is 17.2 Å². The Balaban J connectivity index is 0.00000123. The summed E-state index contributed by atoms with van der Waals surface area (Å²) >= 11 is 0. The minimum Gasteiger partial charge on any atom is -0.455 e. The fraction of sp³-hybridized carbons (Fsp3) is 0.235. The predicted octanol–water partition coefficient (Wildman–Crippen LogP) is 6.23. The van der Waals surface area contributed by atoms with Gasteiger partial charge in [0.25, 0.3) is 5.91 Å². The molecule has 0 atom stereocenters. The third-order valence-electron chi connectivity index (χ3n) is 7.68. The number of methoxy groups -OCH3 is 1. The number of nitrogens with zero attached hydrogens (tertiary/aromatic N) is 2. The van der Waals surface area contributed by atoms with Crippen molar-refractivity contribution >= 4 is 23.2 Å². The van der Waals surface area contributed by atoms with Crippen LogP contribution >= 0.6 is 0 Å². The molecule has 10 heteroatoms. The maximum Gasteiger partial charge on any atom is 0.252 e. The summed E-state index contributed by atoms with van der Waals surface area (Å²) in [4.78, 5) is 34.3. The van der Waals surface area contributed by atoms with Gasteiger partial charge in [-0.1, -0.05) is 6.07 Å². The second kappa shape index (κ2) is 12.8. The monoisotopic (exact) mass is 598 g/mol. The molecule has 226 valence electrons. The van der Waals surface area contributed by atoms with E-state index in [4.69, 9.17) is 9.15 Å². The molecule has 1 saturated carbocycles. The summed E-state index contributed by atoms with van der Waals surface area (Å²) in [7, 11) is 5.37. The molecule has 2 N–H and O–H groups in total. The first kappa shape index (κ1) is 30.7. The van der Waals surface area contributed by atoms with Crippen LogP contribution in [0.15, 0.2) is 77.5 Å². The van der Waals surface area contributed by atoms with Gasteiger partial charge in [0, 0.05) is 49.0 Å². The number of furan rings is 1. The fourth-order valence-corrected chi connectivity index (χ4v) is 5.42. The molecule has 2 heterocycles. The van der Waals surface area contributed by atoms with Crippen LogP contribution in [0.1, 0.15) is 44.9 Å². The second-order valence-electron chi connectivity index (χ2n) is 10.7. The predicted molar refractivity (Wildman–Crippen MR) is 163 cm³/mol. The highest BCUT2D eigenvalue weighted by atomic mass is 19.1. The van der Waals surface area contributed by atoms with Gasteiger partial charge in [0.2, 0.25) is 0 Å². The molecule has 0 radical (unpaired) electrons. The molecule has 0 aliphatic heterocycles. The van der Waals surface area contributed by atoms with Crippen LogP contribution in [0.2, 0.25) is 0 Å². The van der Waals surface area contributed by atoms with E-state index in [2.05, 4.69) is 20.6 Å². The van der Waals surface area contributed by atoms with E-state index >= 15 is 4.39 Å². The van der Waals surface area contributed by atoms with Crippen LogP contribution in [0.5, 0.6) is 0 Å². The molecule has 1 aliphatic carbocycles. The molecular formula is C34H32F2N4O4. The van der Waals surface area contributed by atoms with Gasteiger partial charge >= 0.3 is 0 Å². The van der Waals surface area contributed by atoms with E-state index in [1.54, 1.807) is 55.9 Å². The zero-order chi connectivity index (χ0) is 31.4. The Hall–Kier alpha value is -4.80. The van der Waals surface area contributed by atoms with E-state index in [1.807, 2.05) is 21.0 Å². The molecule has 1 fully saturated rings. The van der Waals surface area contributed by atoms with Gasteiger partial charge in [-0.2, -0.15) is 0 Å². The van der Waals surface area contributed by atoms with Gasteiger partial charge in [-0.25, -0.2) is 18.7 Å². The maximum absolute atomic E-state index is 16.1. The van der Waals surface area contributed by atoms with Gasteiger partial charge < -0.3 is 19.8 Å². The lowest BCUT2D eigenvalue weighted by molar-refractivity contribution is -0.0336. The number of halogens is 2. The number of rotatable bonds is 7. The molecule has 5 aromatic rings. The lowest BCUT2D eigenvalue weighted by atomic mass is 9.73. The Kier molecular flexibility index (Phi) is 8.93. The molecule has 0 spiro atoms. The normalized spacial score (nSPS) is 17.4. The highest BCUT2D eigenvalue weighted by molar-refractivity contribution is 6.04. The number of hydrogen-bond acceptors (Lipinski definition) is 7. The fourth-order valence-electron chi connectivity index (χ4n) is 5.42. The number of aromatic nitrogens is 2. The average molecular weight is 599 g/mol. The van der Waals surface area contributed by atoms with Crippen molar-refractivity contribution in [1.29, 1.82) is 0 Å². The standard InChI is InChI=1S/C32H25F2N3O4.C2H7N/c1-18-4-5-20(30(39)37-32(15-22(16-32)40-2)31-35-12-3-13-36-31)14-24(18)23-10-11-26-27(28(23)34)25(17-38)29(41-26)19-6-8-21(33)9-7-19;1-3-2/h3-14,17,22H,15-16H2,1-2H3,(H,37,39);3H,1-2H3. The van der Waals surface area contributed by atoms with Crippen LogP contribution in [0, 0.1) is 18.6 Å². The SMILES string of the molecule is CNC.COC1CC(NC(=O)c2ccc(C)c(-c3ccc4oc(-c5ccc(F)cc5)c(C=O)c4c3F)c2)(c2ncccn2)C1. The van der Waals surface area contributed by atoms with Crippen molar-refractivity contribution in [2.75, 3.05) is 21.2 Å². The van der Waals surface area contributed by atoms with Crippen molar-refractivity contribution in [3.63, 3.8) is 0 Å². The first-order valence-electron chi connectivity index (χ1n) is 14.0. The molecule has 44 heavy (non-hydrogen) atoms. The van der Waals surface area contributed by atoms with Gasteiger partial charge in [-0.05, 0) is 86.7 Å². The van der Waals surface area contributed by atoms with E-state index in [1.165, 1.54) is 24.3 Å². The minimum atomic E-state index is -0.777. The summed E-state index contributed by atoms with van der Waals surface area (Å²) in [6.45, 7) is 1.81.